The molecule has 1 aliphatic heterocycles. The summed E-state index contributed by atoms with van der Waals surface area (Å²) in [5.74, 6) is 0.188. The highest BCUT2D eigenvalue weighted by Gasteiger charge is 2.31. The van der Waals surface area contributed by atoms with Crippen molar-refractivity contribution in [3.8, 4) is 0 Å². The summed E-state index contributed by atoms with van der Waals surface area (Å²) in [5.41, 5.74) is 5.41. The number of nitro benzene ring substituents is 1. The zero-order valence-electron chi connectivity index (χ0n) is 10.2. The van der Waals surface area contributed by atoms with Crippen LogP contribution in [0.3, 0.4) is 0 Å². The van der Waals surface area contributed by atoms with Crippen LogP contribution in [0.15, 0.2) is 29.2 Å². The largest absolute Gasteiger partial charge is 0.330 e. The van der Waals surface area contributed by atoms with E-state index in [1.165, 1.54) is 28.6 Å². The number of benzene rings is 1. The average Bonchev–Trinajstić information content (AvgIpc) is 2.88. The number of non-ortho nitro benzene ring substituents is 1. The summed E-state index contributed by atoms with van der Waals surface area (Å²) in [4.78, 5) is 10.1. The lowest BCUT2D eigenvalue weighted by atomic mass is 10.1. The van der Waals surface area contributed by atoms with Gasteiger partial charge in [0, 0.05) is 25.2 Å². The fourth-order valence-electron chi connectivity index (χ4n) is 2.10. The first-order valence-corrected chi connectivity index (χ1v) is 7.34. The lowest BCUT2D eigenvalue weighted by Gasteiger charge is -2.16. The number of hydrogen-bond donors (Lipinski definition) is 1. The number of nitrogens with two attached hydrogens (primary N) is 1. The molecule has 0 aliphatic carbocycles. The Labute approximate surface area is 111 Å². The topological polar surface area (TPSA) is 107 Å². The maximum Gasteiger partial charge on any atom is 0.269 e. The van der Waals surface area contributed by atoms with Gasteiger partial charge in [0.15, 0.2) is 0 Å². The van der Waals surface area contributed by atoms with Gasteiger partial charge in [0.25, 0.3) is 5.69 Å². The van der Waals surface area contributed by atoms with Crippen molar-refractivity contribution in [1.82, 2.24) is 4.31 Å². The zero-order valence-corrected chi connectivity index (χ0v) is 11.0. The number of hydrogen-bond acceptors (Lipinski definition) is 5. The lowest BCUT2D eigenvalue weighted by Crippen LogP contribution is -2.30. The first kappa shape index (κ1) is 13.9. The van der Waals surface area contributed by atoms with Crippen LogP contribution in [0.4, 0.5) is 5.69 Å². The van der Waals surface area contributed by atoms with Crippen LogP contribution in [0.2, 0.25) is 0 Å². The summed E-state index contributed by atoms with van der Waals surface area (Å²) in [6, 6.07) is 4.93. The van der Waals surface area contributed by atoms with Gasteiger partial charge in [-0.05, 0) is 31.0 Å². The first-order valence-electron chi connectivity index (χ1n) is 5.90. The van der Waals surface area contributed by atoms with Gasteiger partial charge in [-0.3, -0.25) is 10.1 Å². The lowest BCUT2D eigenvalue weighted by molar-refractivity contribution is -0.384. The molecule has 1 aromatic carbocycles. The van der Waals surface area contributed by atoms with Crippen LogP contribution in [-0.2, 0) is 10.0 Å². The Bertz CT molecular complexity index is 570. The van der Waals surface area contributed by atoms with E-state index in [0.717, 1.165) is 6.42 Å². The molecule has 0 radical (unpaired) electrons. The highest BCUT2D eigenvalue weighted by Crippen LogP contribution is 2.25. The standard InChI is InChI=1S/C11H15N3O4S/c12-7-9-5-6-13(8-9)19(17,18)11-3-1-10(2-4-11)14(15)16/h1-4,9H,5-8,12H2/t9-/m1/s1. The van der Waals surface area contributed by atoms with E-state index in [1.807, 2.05) is 0 Å². The van der Waals surface area contributed by atoms with Crippen molar-refractivity contribution < 1.29 is 13.3 Å². The molecule has 1 saturated heterocycles. The highest BCUT2D eigenvalue weighted by molar-refractivity contribution is 7.89. The summed E-state index contributed by atoms with van der Waals surface area (Å²) >= 11 is 0. The third-order valence-corrected chi connectivity index (χ3v) is 5.15. The van der Waals surface area contributed by atoms with Crippen LogP contribution in [0, 0.1) is 16.0 Å². The van der Waals surface area contributed by atoms with Gasteiger partial charge in [0.05, 0.1) is 9.82 Å². The van der Waals surface area contributed by atoms with Gasteiger partial charge in [-0.15, -0.1) is 0 Å². The maximum atomic E-state index is 12.3. The molecule has 2 N–H and O–H groups in total. The van der Waals surface area contributed by atoms with Gasteiger partial charge in [0.1, 0.15) is 0 Å². The second kappa shape index (κ2) is 5.24. The van der Waals surface area contributed by atoms with Gasteiger partial charge >= 0.3 is 0 Å². The van der Waals surface area contributed by atoms with E-state index < -0.39 is 14.9 Å². The van der Waals surface area contributed by atoms with Gasteiger partial charge in [-0.2, -0.15) is 4.31 Å². The molecule has 1 heterocycles. The first-order chi connectivity index (χ1) is 8.95. The van der Waals surface area contributed by atoms with Crippen LogP contribution in [0.1, 0.15) is 6.42 Å². The smallest absolute Gasteiger partial charge is 0.269 e. The van der Waals surface area contributed by atoms with Crippen LogP contribution >= 0.6 is 0 Å². The monoisotopic (exact) mass is 285 g/mol. The minimum atomic E-state index is -3.57. The van der Waals surface area contributed by atoms with Crippen LogP contribution in [0.25, 0.3) is 0 Å². The Hall–Kier alpha value is -1.51. The van der Waals surface area contributed by atoms with Crippen molar-refractivity contribution in [2.45, 2.75) is 11.3 Å². The molecule has 1 atom stereocenters. The molecule has 1 aliphatic rings. The predicted molar refractivity (Wildman–Crippen MR) is 69.0 cm³/mol. The van der Waals surface area contributed by atoms with Crippen molar-refractivity contribution in [3.63, 3.8) is 0 Å². The van der Waals surface area contributed by atoms with Gasteiger partial charge in [0.2, 0.25) is 10.0 Å². The normalized spacial score (nSPS) is 20.6. The zero-order chi connectivity index (χ0) is 14.0. The van der Waals surface area contributed by atoms with Crippen molar-refractivity contribution >= 4 is 15.7 Å². The van der Waals surface area contributed by atoms with Gasteiger partial charge in [-0.25, -0.2) is 8.42 Å². The van der Waals surface area contributed by atoms with E-state index in [-0.39, 0.29) is 16.5 Å². The second-order valence-corrected chi connectivity index (χ2v) is 6.44. The summed E-state index contributed by atoms with van der Waals surface area (Å²) in [7, 11) is -3.57. The highest BCUT2D eigenvalue weighted by atomic mass is 32.2. The molecule has 7 nitrogen and oxygen atoms in total. The molecule has 0 bridgehead atoms. The molecule has 2 rings (SSSR count). The number of sulfonamides is 1. The molecule has 0 aromatic heterocycles. The molecule has 0 amide bonds. The SMILES string of the molecule is NC[C@H]1CCN(S(=O)(=O)c2ccc([N+](=O)[O-])cc2)C1. The fourth-order valence-corrected chi connectivity index (χ4v) is 3.63. The molecule has 19 heavy (non-hydrogen) atoms. The number of nitro groups is 1. The average molecular weight is 285 g/mol. The van der Waals surface area contributed by atoms with Crippen LogP contribution in [-0.4, -0.2) is 37.3 Å². The molecule has 1 fully saturated rings. The summed E-state index contributed by atoms with van der Waals surface area (Å²) in [6.07, 6.45) is 0.753. The summed E-state index contributed by atoms with van der Waals surface area (Å²) in [6.45, 7) is 1.32. The van der Waals surface area contributed by atoms with Crippen LogP contribution in [0.5, 0.6) is 0 Å². The maximum absolute atomic E-state index is 12.3. The summed E-state index contributed by atoms with van der Waals surface area (Å²) in [5, 5.41) is 10.5. The minimum Gasteiger partial charge on any atom is -0.330 e. The van der Waals surface area contributed by atoms with E-state index >= 15 is 0 Å². The Morgan fingerprint density at radius 3 is 2.47 bits per heavy atom. The van der Waals surface area contributed by atoms with E-state index in [1.54, 1.807) is 0 Å². The molecule has 1 aromatic rings. The Morgan fingerprint density at radius 1 is 1.37 bits per heavy atom. The predicted octanol–water partition coefficient (Wildman–Crippen LogP) is 0.564. The van der Waals surface area contributed by atoms with E-state index in [9.17, 15) is 18.5 Å². The molecule has 8 heteroatoms. The fraction of sp³-hybridized carbons (Fsp3) is 0.455. The molecular weight excluding hydrogens is 270 g/mol. The summed E-state index contributed by atoms with van der Waals surface area (Å²) < 4.78 is 26.0. The van der Waals surface area contributed by atoms with Crippen molar-refractivity contribution in [2.75, 3.05) is 19.6 Å². The molecule has 104 valence electrons. The molecular formula is C11H15N3O4S. The van der Waals surface area contributed by atoms with Crippen molar-refractivity contribution in [2.24, 2.45) is 11.7 Å². The minimum absolute atomic E-state index is 0.0794. The quantitative estimate of drug-likeness (QED) is 0.642. The molecule has 0 spiro atoms. The van der Waals surface area contributed by atoms with Crippen molar-refractivity contribution in [3.05, 3.63) is 34.4 Å². The number of nitrogens with zero attached hydrogens (tertiary/aromatic N) is 2. The number of rotatable bonds is 4. The Balaban J connectivity index is 2.22. The third kappa shape index (κ3) is 2.75. The second-order valence-electron chi connectivity index (χ2n) is 4.50. The Morgan fingerprint density at radius 2 is 2.00 bits per heavy atom. The van der Waals surface area contributed by atoms with Crippen molar-refractivity contribution in [1.29, 1.82) is 0 Å². The van der Waals surface area contributed by atoms with Gasteiger partial charge < -0.3 is 5.73 Å². The van der Waals surface area contributed by atoms with Gasteiger partial charge in [-0.1, -0.05) is 0 Å². The molecule has 0 unspecified atom stereocenters. The van der Waals surface area contributed by atoms with E-state index in [4.69, 9.17) is 5.73 Å². The van der Waals surface area contributed by atoms with E-state index in [0.29, 0.717) is 19.6 Å². The van der Waals surface area contributed by atoms with E-state index in [2.05, 4.69) is 0 Å². The molecule has 0 saturated carbocycles. The third-order valence-electron chi connectivity index (χ3n) is 3.27. The Kier molecular flexibility index (Phi) is 3.83. The van der Waals surface area contributed by atoms with Crippen LogP contribution < -0.4 is 5.73 Å².